The molecule has 1 aliphatic rings. The molecule has 0 spiro atoms. The van der Waals surface area contributed by atoms with E-state index in [0.29, 0.717) is 11.3 Å². The topological polar surface area (TPSA) is 76.6 Å². The summed E-state index contributed by atoms with van der Waals surface area (Å²) in [5.41, 5.74) is 1.48. The van der Waals surface area contributed by atoms with Crippen LogP contribution >= 0.6 is 11.3 Å². The largest absolute Gasteiger partial charge is 0.456 e. The van der Waals surface area contributed by atoms with Gasteiger partial charge in [-0.15, -0.1) is 11.3 Å². The number of nitrogens with zero attached hydrogens (tertiary/aromatic N) is 2. The fourth-order valence-corrected chi connectivity index (χ4v) is 3.02. The SMILES string of the molecule is CCc1nc(COC(=O)c2ccc3c(c2)C(=O)N(C)C3=O)cs1. The fraction of sp³-hybridized carbons (Fsp3) is 0.250. The molecule has 0 saturated heterocycles. The molecule has 2 aromatic rings. The van der Waals surface area contributed by atoms with E-state index in [1.54, 1.807) is 0 Å². The lowest BCUT2D eigenvalue weighted by Gasteiger charge is -2.04. The summed E-state index contributed by atoms with van der Waals surface area (Å²) in [6, 6.07) is 4.37. The Kier molecular flexibility index (Phi) is 3.96. The van der Waals surface area contributed by atoms with Crippen molar-refractivity contribution in [2.24, 2.45) is 0 Å². The van der Waals surface area contributed by atoms with E-state index in [9.17, 15) is 14.4 Å². The molecule has 6 nitrogen and oxygen atoms in total. The number of hydrogen-bond donors (Lipinski definition) is 0. The molecule has 1 aromatic heterocycles. The Bertz CT molecular complexity index is 812. The van der Waals surface area contributed by atoms with Gasteiger partial charge in [-0.2, -0.15) is 0 Å². The van der Waals surface area contributed by atoms with E-state index >= 15 is 0 Å². The summed E-state index contributed by atoms with van der Waals surface area (Å²) >= 11 is 1.52. The van der Waals surface area contributed by atoms with Crippen LogP contribution in [0.5, 0.6) is 0 Å². The number of aromatic nitrogens is 1. The van der Waals surface area contributed by atoms with Gasteiger partial charge < -0.3 is 4.74 Å². The zero-order valence-corrected chi connectivity index (χ0v) is 13.5. The molecule has 0 unspecified atom stereocenters. The third-order valence-corrected chi connectivity index (χ3v) is 4.62. The van der Waals surface area contributed by atoms with Crippen molar-refractivity contribution >= 4 is 29.1 Å². The van der Waals surface area contributed by atoms with Gasteiger partial charge in [-0.3, -0.25) is 14.5 Å². The minimum atomic E-state index is -0.548. The molecule has 0 bridgehead atoms. The van der Waals surface area contributed by atoms with Crippen LogP contribution in [0.2, 0.25) is 0 Å². The molecular weight excluding hydrogens is 316 g/mol. The highest BCUT2D eigenvalue weighted by molar-refractivity contribution is 7.09. The Morgan fingerprint density at radius 1 is 1.26 bits per heavy atom. The number of fused-ring (bicyclic) bond motifs is 1. The van der Waals surface area contributed by atoms with E-state index in [-0.39, 0.29) is 23.6 Å². The van der Waals surface area contributed by atoms with Crippen molar-refractivity contribution in [1.82, 2.24) is 9.88 Å². The molecule has 0 fully saturated rings. The van der Waals surface area contributed by atoms with Crippen molar-refractivity contribution < 1.29 is 19.1 Å². The smallest absolute Gasteiger partial charge is 0.338 e. The first-order valence-electron chi connectivity index (χ1n) is 7.08. The number of esters is 1. The third-order valence-electron chi connectivity index (χ3n) is 3.58. The predicted octanol–water partition coefficient (Wildman–Crippen LogP) is 2.29. The lowest BCUT2D eigenvalue weighted by Crippen LogP contribution is -2.24. The second-order valence-corrected chi connectivity index (χ2v) is 6.03. The lowest BCUT2D eigenvalue weighted by molar-refractivity contribution is 0.0468. The Hall–Kier alpha value is -2.54. The number of aryl methyl sites for hydroxylation is 1. The number of amides is 2. The molecule has 3 rings (SSSR count). The number of carbonyl (C=O) groups excluding carboxylic acids is 3. The predicted molar refractivity (Wildman–Crippen MR) is 83.5 cm³/mol. The standard InChI is InChI=1S/C16H14N2O4S/c1-3-13-17-10(8-23-13)7-22-16(21)9-4-5-11-12(6-9)15(20)18(2)14(11)19/h4-6,8H,3,7H2,1-2H3. The Balaban J connectivity index is 1.74. The van der Waals surface area contributed by atoms with Crippen molar-refractivity contribution in [2.45, 2.75) is 20.0 Å². The summed E-state index contributed by atoms with van der Waals surface area (Å²) in [6.07, 6.45) is 0.840. The van der Waals surface area contributed by atoms with Gasteiger partial charge in [0, 0.05) is 12.4 Å². The highest BCUT2D eigenvalue weighted by atomic mass is 32.1. The first-order valence-corrected chi connectivity index (χ1v) is 7.96. The Labute approximate surface area is 136 Å². The van der Waals surface area contributed by atoms with E-state index in [1.165, 1.54) is 36.6 Å². The van der Waals surface area contributed by atoms with Crippen LogP contribution in [0.25, 0.3) is 0 Å². The molecule has 2 amide bonds. The maximum atomic E-state index is 12.1. The number of hydrogen-bond acceptors (Lipinski definition) is 6. The molecule has 0 radical (unpaired) electrons. The van der Waals surface area contributed by atoms with E-state index in [1.807, 2.05) is 12.3 Å². The zero-order valence-electron chi connectivity index (χ0n) is 12.7. The van der Waals surface area contributed by atoms with E-state index < -0.39 is 11.9 Å². The maximum absolute atomic E-state index is 12.1. The highest BCUT2D eigenvalue weighted by Crippen LogP contribution is 2.23. The summed E-state index contributed by atoms with van der Waals surface area (Å²) in [6.45, 7) is 2.09. The molecule has 1 aromatic carbocycles. The second-order valence-electron chi connectivity index (χ2n) is 5.09. The zero-order chi connectivity index (χ0) is 16.6. The van der Waals surface area contributed by atoms with Gasteiger partial charge in [0.15, 0.2) is 0 Å². The van der Waals surface area contributed by atoms with Crippen molar-refractivity contribution in [3.8, 4) is 0 Å². The highest BCUT2D eigenvalue weighted by Gasteiger charge is 2.33. The van der Waals surface area contributed by atoms with Gasteiger partial charge in [0.25, 0.3) is 11.8 Å². The summed E-state index contributed by atoms with van der Waals surface area (Å²) in [4.78, 5) is 41.2. The molecule has 0 N–H and O–H groups in total. The number of benzene rings is 1. The Morgan fingerprint density at radius 2 is 2.00 bits per heavy atom. The number of rotatable bonds is 4. The number of carbonyl (C=O) groups is 3. The van der Waals surface area contributed by atoms with Gasteiger partial charge in [-0.05, 0) is 24.6 Å². The average molecular weight is 330 g/mol. The normalized spacial score (nSPS) is 13.4. The molecular formula is C16H14N2O4S. The van der Waals surface area contributed by atoms with E-state index in [2.05, 4.69) is 4.98 Å². The van der Waals surface area contributed by atoms with Crippen LogP contribution in [0.1, 0.15) is 48.7 Å². The molecule has 2 heterocycles. The first-order chi connectivity index (χ1) is 11.0. The van der Waals surface area contributed by atoms with Crippen LogP contribution < -0.4 is 0 Å². The van der Waals surface area contributed by atoms with Crippen LogP contribution in [-0.2, 0) is 17.8 Å². The van der Waals surface area contributed by atoms with Gasteiger partial charge >= 0.3 is 5.97 Å². The van der Waals surface area contributed by atoms with Crippen molar-refractivity contribution in [1.29, 1.82) is 0 Å². The average Bonchev–Trinajstić information content (AvgIpc) is 3.12. The van der Waals surface area contributed by atoms with Crippen molar-refractivity contribution in [3.05, 3.63) is 51.0 Å². The molecule has 0 aliphatic carbocycles. The van der Waals surface area contributed by atoms with Gasteiger partial charge in [0.2, 0.25) is 0 Å². The van der Waals surface area contributed by atoms with Gasteiger partial charge in [-0.25, -0.2) is 9.78 Å². The maximum Gasteiger partial charge on any atom is 0.338 e. The minimum absolute atomic E-state index is 0.0825. The van der Waals surface area contributed by atoms with Crippen molar-refractivity contribution in [3.63, 3.8) is 0 Å². The molecule has 23 heavy (non-hydrogen) atoms. The van der Waals surface area contributed by atoms with Gasteiger partial charge in [-0.1, -0.05) is 6.92 Å². The monoisotopic (exact) mass is 330 g/mol. The molecule has 0 atom stereocenters. The van der Waals surface area contributed by atoms with Crippen LogP contribution in [0, 0.1) is 0 Å². The summed E-state index contributed by atoms with van der Waals surface area (Å²) < 4.78 is 5.22. The first kappa shape index (κ1) is 15.4. The van der Waals surface area contributed by atoms with Crippen molar-refractivity contribution in [2.75, 3.05) is 7.05 Å². The number of imide groups is 1. The van der Waals surface area contributed by atoms with Crippen LogP contribution in [-0.4, -0.2) is 34.7 Å². The minimum Gasteiger partial charge on any atom is -0.456 e. The third kappa shape index (κ3) is 2.75. The quantitative estimate of drug-likeness (QED) is 0.635. The van der Waals surface area contributed by atoms with Crippen LogP contribution in [0.3, 0.4) is 0 Å². The summed E-state index contributed by atoms with van der Waals surface area (Å²) in [5, 5.41) is 2.84. The molecule has 1 aliphatic heterocycles. The molecule has 0 saturated carbocycles. The Morgan fingerprint density at radius 3 is 2.70 bits per heavy atom. The number of thiazole rings is 1. The van der Waals surface area contributed by atoms with E-state index in [4.69, 9.17) is 4.74 Å². The summed E-state index contributed by atoms with van der Waals surface area (Å²) in [7, 11) is 1.41. The molecule has 118 valence electrons. The fourth-order valence-electron chi connectivity index (χ4n) is 2.29. The van der Waals surface area contributed by atoms with Crippen LogP contribution in [0.15, 0.2) is 23.6 Å². The van der Waals surface area contributed by atoms with Gasteiger partial charge in [0.1, 0.15) is 6.61 Å². The number of ether oxygens (including phenoxy) is 1. The van der Waals surface area contributed by atoms with Crippen LogP contribution in [0.4, 0.5) is 0 Å². The van der Waals surface area contributed by atoms with Gasteiger partial charge in [0.05, 0.1) is 27.4 Å². The molecule has 7 heteroatoms. The van der Waals surface area contributed by atoms with E-state index in [0.717, 1.165) is 16.3 Å². The summed E-state index contributed by atoms with van der Waals surface area (Å²) in [5.74, 6) is -1.32. The second kappa shape index (κ2) is 5.92. The lowest BCUT2D eigenvalue weighted by atomic mass is 10.1.